The van der Waals surface area contributed by atoms with E-state index in [2.05, 4.69) is 63.5 Å². The van der Waals surface area contributed by atoms with E-state index >= 15 is 0 Å². The van der Waals surface area contributed by atoms with E-state index in [1.165, 1.54) is 18.3 Å². The quantitative estimate of drug-likeness (QED) is 0.110. The van der Waals surface area contributed by atoms with Crippen LogP contribution >= 0.6 is 0 Å². The molecule has 1 fully saturated rings. The number of unbranched alkanes of at least 4 members (excludes halogenated alkanes) is 1. The number of para-hydroxylation sites is 1. The van der Waals surface area contributed by atoms with Crippen LogP contribution in [0.15, 0.2) is 66.9 Å². The van der Waals surface area contributed by atoms with Gasteiger partial charge in [-0.15, -0.1) is 0 Å². The molecule has 0 saturated carbocycles. The van der Waals surface area contributed by atoms with Crippen molar-refractivity contribution < 1.29 is 19.0 Å². The molecule has 1 aliphatic heterocycles. The first-order valence-corrected chi connectivity index (χ1v) is 17.9. The van der Waals surface area contributed by atoms with Gasteiger partial charge in [0.15, 0.2) is 11.5 Å². The lowest BCUT2D eigenvalue weighted by molar-refractivity contribution is 0.102. The van der Waals surface area contributed by atoms with Crippen molar-refractivity contribution in [3.05, 3.63) is 89.1 Å². The average Bonchev–Trinajstić information content (AvgIpc) is 3.13. The van der Waals surface area contributed by atoms with Crippen LogP contribution in [-0.2, 0) is 11.3 Å². The third-order valence-corrected chi connectivity index (χ3v) is 9.00. The van der Waals surface area contributed by atoms with Crippen LogP contribution in [0, 0.1) is 13.8 Å². The largest absolute Gasteiger partial charge is 0.493 e. The molecule has 2 heterocycles. The predicted octanol–water partition coefficient (Wildman–Crippen LogP) is 7.28. The lowest BCUT2D eigenvalue weighted by atomic mass is 10.1. The van der Waals surface area contributed by atoms with Crippen molar-refractivity contribution in [2.24, 2.45) is 0 Å². The minimum Gasteiger partial charge on any atom is -0.493 e. The van der Waals surface area contributed by atoms with E-state index in [0.29, 0.717) is 30.7 Å². The van der Waals surface area contributed by atoms with Gasteiger partial charge >= 0.3 is 0 Å². The molecule has 1 saturated heterocycles. The topological polar surface area (TPSA) is 104 Å². The maximum atomic E-state index is 13.7. The van der Waals surface area contributed by atoms with E-state index in [1.807, 2.05) is 62.4 Å². The number of aromatic nitrogens is 2. The van der Waals surface area contributed by atoms with Gasteiger partial charge in [-0.1, -0.05) is 37.6 Å². The molecule has 1 aromatic heterocycles. The molecular weight excluding hydrogens is 642 g/mol. The first kappa shape index (κ1) is 37.5. The summed E-state index contributed by atoms with van der Waals surface area (Å²) in [5.41, 5.74) is 5.80. The van der Waals surface area contributed by atoms with Crippen LogP contribution in [0.2, 0.25) is 0 Å². The summed E-state index contributed by atoms with van der Waals surface area (Å²) in [6.07, 6.45) is 4.76. The van der Waals surface area contributed by atoms with Crippen LogP contribution in [0.25, 0.3) is 0 Å². The number of hydrogen-bond acceptors (Lipinski definition) is 10. The highest BCUT2D eigenvalue weighted by Gasteiger charge is 2.21. The van der Waals surface area contributed by atoms with Crippen molar-refractivity contribution in [1.29, 1.82) is 0 Å². The van der Waals surface area contributed by atoms with Crippen LogP contribution in [0.4, 0.5) is 23.0 Å². The van der Waals surface area contributed by atoms with Crippen LogP contribution < -0.4 is 25.0 Å². The molecule has 0 atom stereocenters. The van der Waals surface area contributed by atoms with Crippen molar-refractivity contribution in [3.8, 4) is 17.4 Å². The van der Waals surface area contributed by atoms with Gasteiger partial charge in [-0.2, -0.15) is 4.98 Å². The van der Waals surface area contributed by atoms with Gasteiger partial charge in [0, 0.05) is 56.0 Å². The highest BCUT2D eigenvalue weighted by molar-refractivity contribution is 6.06. The van der Waals surface area contributed by atoms with Crippen molar-refractivity contribution >= 4 is 28.9 Å². The lowest BCUT2D eigenvalue weighted by Crippen LogP contribution is -2.46. The Morgan fingerprint density at radius 1 is 0.941 bits per heavy atom. The molecule has 1 aliphatic rings. The molecule has 3 aromatic carbocycles. The third kappa shape index (κ3) is 10.6. The number of nitrogens with one attached hydrogen (secondary N) is 2. The van der Waals surface area contributed by atoms with E-state index in [9.17, 15) is 4.79 Å². The molecular formula is C40H53N7O4. The zero-order valence-corrected chi connectivity index (χ0v) is 31.0. The molecule has 4 aromatic rings. The lowest BCUT2D eigenvalue weighted by Gasteiger charge is -2.36. The van der Waals surface area contributed by atoms with E-state index in [1.54, 1.807) is 7.11 Å². The Kier molecular flexibility index (Phi) is 13.6. The number of nitrogens with zero attached hydrogens (tertiary/aromatic N) is 5. The highest BCUT2D eigenvalue weighted by atomic mass is 16.5. The Morgan fingerprint density at radius 2 is 1.69 bits per heavy atom. The number of rotatable bonds is 17. The van der Waals surface area contributed by atoms with Crippen molar-refractivity contribution in [2.45, 2.75) is 46.6 Å². The second kappa shape index (κ2) is 18.5. The smallest absolute Gasteiger partial charge is 0.262 e. The van der Waals surface area contributed by atoms with Crippen molar-refractivity contribution in [3.63, 3.8) is 0 Å². The molecule has 2 N–H and O–H groups in total. The maximum Gasteiger partial charge on any atom is 0.262 e. The predicted molar refractivity (Wildman–Crippen MR) is 205 cm³/mol. The fraction of sp³-hybridized carbons (Fsp3) is 0.425. The van der Waals surface area contributed by atoms with Crippen LogP contribution in [-0.4, -0.2) is 92.8 Å². The summed E-state index contributed by atoms with van der Waals surface area (Å²) in [5, 5.41) is 6.33. The molecule has 0 spiro atoms. The van der Waals surface area contributed by atoms with Gasteiger partial charge in [0.1, 0.15) is 5.56 Å². The summed E-state index contributed by atoms with van der Waals surface area (Å²) in [5.74, 6) is 0.943. The standard InChI is InChI=1S/C40H53N7O4/c1-7-8-25-50-28-31-13-18-35(36(26-31)49-6)51-39-34(38(48)43-37-29(2)11-9-12-30(37)3)27-41-40(44-39)42-32-14-16-33(17-15-32)47-23-21-46(22-24-47)20-10-19-45(4)5/h9,11-18,26-27H,7-8,10,19-25,28H2,1-6H3,(H,43,48)(H,41,42,44). The molecule has 1 amide bonds. The Bertz CT molecular complexity index is 1700. The molecule has 0 bridgehead atoms. The van der Waals surface area contributed by atoms with Crippen LogP contribution in [0.3, 0.4) is 0 Å². The summed E-state index contributed by atoms with van der Waals surface area (Å²) < 4.78 is 17.8. The van der Waals surface area contributed by atoms with E-state index in [4.69, 9.17) is 19.2 Å². The summed E-state index contributed by atoms with van der Waals surface area (Å²) in [7, 11) is 5.84. The number of carbonyl (C=O) groups is 1. The van der Waals surface area contributed by atoms with E-state index < -0.39 is 0 Å². The zero-order chi connectivity index (χ0) is 36.2. The molecule has 51 heavy (non-hydrogen) atoms. The average molecular weight is 696 g/mol. The summed E-state index contributed by atoms with van der Waals surface area (Å²) in [6, 6.07) is 19.8. The number of aryl methyl sites for hydroxylation is 2. The zero-order valence-electron chi connectivity index (χ0n) is 31.0. The number of benzene rings is 3. The summed E-state index contributed by atoms with van der Waals surface area (Å²) in [4.78, 5) is 30.1. The summed E-state index contributed by atoms with van der Waals surface area (Å²) >= 11 is 0. The first-order valence-electron chi connectivity index (χ1n) is 17.9. The highest BCUT2D eigenvalue weighted by Crippen LogP contribution is 2.34. The summed E-state index contributed by atoms with van der Waals surface area (Å²) in [6.45, 7) is 13.6. The Hall–Kier alpha value is -4.71. The molecule has 11 heteroatoms. The number of hydrogen-bond donors (Lipinski definition) is 2. The fourth-order valence-electron chi connectivity index (χ4n) is 6.00. The molecule has 5 rings (SSSR count). The molecule has 272 valence electrons. The van der Waals surface area contributed by atoms with Crippen molar-refractivity contribution in [2.75, 3.05) is 82.6 Å². The monoisotopic (exact) mass is 695 g/mol. The minimum absolute atomic E-state index is 0.0987. The maximum absolute atomic E-state index is 13.7. The molecule has 0 unspecified atom stereocenters. The number of methoxy groups -OCH3 is 1. The van der Waals surface area contributed by atoms with Crippen LogP contribution in [0.5, 0.6) is 17.4 Å². The van der Waals surface area contributed by atoms with Gasteiger partial charge in [-0.05, 0) is 107 Å². The molecule has 0 aliphatic carbocycles. The van der Waals surface area contributed by atoms with E-state index in [-0.39, 0.29) is 17.4 Å². The minimum atomic E-state index is -0.379. The second-order valence-corrected chi connectivity index (χ2v) is 13.3. The number of piperazine rings is 1. The van der Waals surface area contributed by atoms with Gasteiger partial charge < -0.3 is 34.6 Å². The molecule has 0 radical (unpaired) electrons. The van der Waals surface area contributed by atoms with Crippen molar-refractivity contribution in [1.82, 2.24) is 19.8 Å². The first-order chi connectivity index (χ1) is 24.7. The fourth-order valence-corrected chi connectivity index (χ4v) is 6.00. The Labute approximate surface area is 302 Å². The SMILES string of the molecule is CCCCOCc1ccc(Oc2nc(Nc3ccc(N4CCN(CCCN(C)C)CC4)cc3)ncc2C(=O)Nc2c(C)cccc2C)c(OC)c1. The normalized spacial score (nSPS) is 13.4. The number of ether oxygens (including phenoxy) is 3. The third-order valence-electron chi connectivity index (χ3n) is 9.00. The van der Waals surface area contributed by atoms with Gasteiger partial charge in [0.05, 0.1) is 13.7 Å². The Balaban J connectivity index is 1.32. The second-order valence-electron chi connectivity index (χ2n) is 13.3. The van der Waals surface area contributed by atoms with Crippen LogP contribution in [0.1, 0.15) is 53.2 Å². The van der Waals surface area contributed by atoms with Gasteiger partial charge in [0.2, 0.25) is 11.8 Å². The molecule has 11 nitrogen and oxygen atoms in total. The number of amides is 1. The number of anilines is 4. The van der Waals surface area contributed by atoms with Gasteiger partial charge in [-0.25, -0.2) is 4.98 Å². The van der Waals surface area contributed by atoms with E-state index in [0.717, 1.165) is 80.2 Å². The number of carbonyl (C=O) groups excluding carboxylic acids is 1. The van der Waals surface area contributed by atoms with Gasteiger partial charge in [0.25, 0.3) is 5.91 Å². The van der Waals surface area contributed by atoms with Gasteiger partial charge in [-0.3, -0.25) is 9.69 Å². The Morgan fingerprint density at radius 3 is 2.37 bits per heavy atom.